The van der Waals surface area contributed by atoms with Crippen molar-refractivity contribution < 1.29 is 28.2 Å². The third-order valence-electron chi connectivity index (χ3n) is 9.03. The highest BCUT2D eigenvalue weighted by Crippen LogP contribution is 2.38. The molecule has 0 radical (unpaired) electrons. The van der Waals surface area contributed by atoms with Crippen LogP contribution >= 0.6 is 0 Å². The zero-order valence-electron chi connectivity index (χ0n) is 32.6. The van der Waals surface area contributed by atoms with Gasteiger partial charge < -0.3 is 28.9 Å². The Balaban J connectivity index is 1.37. The van der Waals surface area contributed by atoms with Crippen LogP contribution in [0.15, 0.2) is 61.1 Å². The SMILES string of the molecule is Cc1nn(C(=O)OC(C)(C)C)c2ccc(-c3cncc(OC[C@H](Cc4c[nH]c5ccc(O[Si](C)(C)C(C)(C)C)cc45)NC(=O)OC(C)(C)C)c3)cc12. The third-order valence-corrected chi connectivity index (χ3v) is 13.4. The van der Waals surface area contributed by atoms with E-state index in [1.54, 1.807) is 12.4 Å². The summed E-state index contributed by atoms with van der Waals surface area (Å²) in [6.07, 6.45) is 4.80. The zero-order valence-corrected chi connectivity index (χ0v) is 33.6. The highest BCUT2D eigenvalue weighted by molar-refractivity contribution is 6.74. The Bertz CT molecular complexity index is 2080. The number of carbonyl (C=O) groups excluding carboxylic acids is 2. The molecule has 5 aromatic rings. The first-order valence-electron chi connectivity index (χ1n) is 17.7. The molecule has 0 unspecified atom stereocenters. The second kappa shape index (κ2) is 14.3. The molecule has 12 heteroatoms. The Morgan fingerprint density at radius 2 is 1.58 bits per heavy atom. The molecule has 0 aliphatic carbocycles. The summed E-state index contributed by atoms with van der Waals surface area (Å²) < 4.78 is 25.4. The molecule has 0 saturated heterocycles. The van der Waals surface area contributed by atoms with Gasteiger partial charge in [-0.2, -0.15) is 9.78 Å². The van der Waals surface area contributed by atoms with Gasteiger partial charge in [-0.15, -0.1) is 0 Å². The predicted octanol–water partition coefficient (Wildman–Crippen LogP) is 9.57. The third kappa shape index (κ3) is 9.33. The van der Waals surface area contributed by atoms with Gasteiger partial charge >= 0.3 is 12.2 Å². The van der Waals surface area contributed by atoms with E-state index in [-0.39, 0.29) is 11.6 Å². The maximum absolute atomic E-state index is 13.0. The first kappa shape index (κ1) is 38.4. The minimum atomic E-state index is -2.05. The smallest absolute Gasteiger partial charge is 0.435 e. The van der Waals surface area contributed by atoms with Gasteiger partial charge in [0, 0.05) is 34.2 Å². The highest BCUT2D eigenvalue weighted by atomic mass is 28.4. The summed E-state index contributed by atoms with van der Waals surface area (Å²) in [6.45, 7) is 24.1. The topological polar surface area (TPSA) is 130 Å². The van der Waals surface area contributed by atoms with Gasteiger partial charge in [-0.3, -0.25) is 4.98 Å². The van der Waals surface area contributed by atoms with Crippen molar-refractivity contribution in [1.82, 2.24) is 25.1 Å². The molecule has 1 amide bonds. The lowest BCUT2D eigenvalue weighted by Crippen LogP contribution is -2.43. The monoisotopic (exact) mass is 727 g/mol. The lowest BCUT2D eigenvalue weighted by molar-refractivity contribution is 0.0484. The maximum atomic E-state index is 13.0. The number of fused-ring (bicyclic) bond motifs is 2. The molecular formula is C40H53N5O6Si. The zero-order chi connectivity index (χ0) is 38.2. The Kier molecular flexibility index (Phi) is 10.5. The second-order valence-electron chi connectivity index (χ2n) is 16.9. The summed E-state index contributed by atoms with van der Waals surface area (Å²) in [5.41, 5.74) is 3.76. The summed E-state index contributed by atoms with van der Waals surface area (Å²) in [5, 5.41) is 9.39. The molecule has 2 aromatic carbocycles. The Hall–Kier alpha value is -4.84. The van der Waals surface area contributed by atoms with Crippen LogP contribution in [0, 0.1) is 6.92 Å². The average Bonchev–Trinajstić information content (AvgIpc) is 3.57. The quantitative estimate of drug-likeness (QED) is 0.144. The van der Waals surface area contributed by atoms with Gasteiger partial charge in [0.05, 0.1) is 23.4 Å². The first-order valence-corrected chi connectivity index (χ1v) is 20.6. The van der Waals surface area contributed by atoms with E-state index in [2.05, 4.69) is 60.3 Å². The molecule has 278 valence electrons. The summed E-state index contributed by atoms with van der Waals surface area (Å²) in [7, 11) is -2.05. The van der Waals surface area contributed by atoms with E-state index in [1.807, 2.05) is 91.1 Å². The molecule has 0 saturated carbocycles. The number of nitrogens with zero attached hydrogens (tertiary/aromatic N) is 3. The summed E-state index contributed by atoms with van der Waals surface area (Å²) >= 11 is 0. The van der Waals surface area contributed by atoms with Gasteiger partial charge in [0.25, 0.3) is 0 Å². The van der Waals surface area contributed by atoms with Crippen LogP contribution in [0.1, 0.15) is 73.6 Å². The molecule has 2 N–H and O–H groups in total. The van der Waals surface area contributed by atoms with Gasteiger partial charge in [0.1, 0.15) is 29.3 Å². The minimum absolute atomic E-state index is 0.0611. The predicted molar refractivity (Wildman–Crippen MR) is 208 cm³/mol. The number of aromatic amines is 1. The van der Waals surface area contributed by atoms with Crippen LogP contribution in [-0.2, 0) is 15.9 Å². The largest absolute Gasteiger partial charge is 0.543 e. The van der Waals surface area contributed by atoms with Gasteiger partial charge in [-0.05, 0) is 121 Å². The van der Waals surface area contributed by atoms with Crippen LogP contribution in [0.4, 0.5) is 9.59 Å². The molecule has 0 aliphatic heterocycles. The fraction of sp³-hybridized carbons (Fsp3) is 0.450. The fourth-order valence-corrected chi connectivity index (χ4v) is 6.50. The number of aryl methyl sites for hydroxylation is 1. The van der Waals surface area contributed by atoms with Gasteiger partial charge in [0.15, 0.2) is 0 Å². The van der Waals surface area contributed by atoms with Crippen molar-refractivity contribution in [2.45, 2.75) is 111 Å². The number of benzene rings is 2. The number of hydrogen-bond donors (Lipinski definition) is 2. The lowest BCUT2D eigenvalue weighted by Gasteiger charge is -2.36. The number of pyridine rings is 1. The van der Waals surface area contributed by atoms with E-state index in [4.69, 9.17) is 18.6 Å². The summed E-state index contributed by atoms with van der Waals surface area (Å²) in [5.74, 6) is 1.38. The lowest BCUT2D eigenvalue weighted by atomic mass is 10.0. The number of alkyl carbamates (subject to hydrolysis) is 1. The van der Waals surface area contributed by atoms with Crippen LogP contribution in [0.5, 0.6) is 11.5 Å². The van der Waals surface area contributed by atoms with E-state index < -0.39 is 37.7 Å². The van der Waals surface area contributed by atoms with Crippen molar-refractivity contribution >= 4 is 42.3 Å². The first-order chi connectivity index (χ1) is 24.1. The van der Waals surface area contributed by atoms with Crippen LogP contribution in [0.2, 0.25) is 18.1 Å². The van der Waals surface area contributed by atoms with Crippen LogP contribution in [-0.4, -0.2) is 64.1 Å². The fourth-order valence-electron chi connectivity index (χ4n) is 5.47. The number of H-pyrrole nitrogens is 1. The Morgan fingerprint density at radius 3 is 2.25 bits per heavy atom. The standard InChI is InChI=1S/C40H53N5O6Si/c1-25-32-19-26(13-16-35(32)45(44-25)37(47)50-39(5,6)7)27-18-31(23-41-21-27)48-24-29(43-36(46)49-38(2,3)4)17-28-22-42-34-15-14-30(20-33(28)34)51-52(11,12)40(8,9)10/h13-16,18-23,29,42H,17,24H2,1-12H3,(H,43,46)/t29-/m0/s1. The number of aromatic nitrogens is 4. The van der Waals surface area contributed by atoms with E-state index in [9.17, 15) is 9.59 Å². The molecule has 3 heterocycles. The Morgan fingerprint density at radius 1 is 0.865 bits per heavy atom. The molecule has 52 heavy (non-hydrogen) atoms. The number of ether oxygens (including phenoxy) is 3. The molecule has 5 rings (SSSR count). The molecule has 0 aliphatic rings. The van der Waals surface area contributed by atoms with Crippen molar-refractivity contribution in [1.29, 1.82) is 0 Å². The maximum Gasteiger partial charge on any atom is 0.435 e. The molecular weight excluding hydrogens is 675 g/mol. The second-order valence-corrected chi connectivity index (χ2v) is 21.6. The number of rotatable bonds is 9. The average molecular weight is 728 g/mol. The summed E-state index contributed by atoms with van der Waals surface area (Å²) in [6, 6.07) is 13.3. The molecule has 11 nitrogen and oxygen atoms in total. The van der Waals surface area contributed by atoms with E-state index in [1.165, 1.54) is 4.68 Å². The van der Waals surface area contributed by atoms with Crippen molar-refractivity contribution in [2.75, 3.05) is 6.61 Å². The molecule has 0 bridgehead atoms. The van der Waals surface area contributed by atoms with E-state index >= 15 is 0 Å². The minimum Gasteiger partial charge on any atom is -0.543 e. The van der Waals surface area contributed by atoms with E-state index in [0.717, 1.165) is 38.7 Å². The van der Waals surface area contributed by atoms with Crippen molar-refractivity contribution in [3.8, 4) is 22.6 Å². The van der Waals surface area contributed by atoms with Crippen LogP contribution in [0.25, 0.3) is 32.9 Å². The molecule has 0 fully saturated rings. The van der Waals surface area contributed by atoms with Crippen LogP contribution < -0.4 is 14.5 Å². The number of nitrogens with one attached hydrogen (secondary N) is 2. The molecule has 3 aromatic heterocycles. The van der Waals surface area contributed by atoms with Crippen LogP contribution in [0.3, 0.4) is 0 Å². The summed E-state index contributed by atoms with van der Waals surface area (Å²) in [4.78, 5) is 33.6. The highest BCUT2D eigenvalue weighted by Gasteiger charge is 2.39. The van der Waals surface area contributed by atoms with Crippen molar-refractivity contribution in [3.05, 3.63) is 72.3 Å². The number of hydrogen-bond acceptors (Lipinski definition) is 8. The number of amides is 1. The Labute approximate surface area is 307 Å². The number of carbonyl (C=O) groups is 2. The molecule has 0 spiro atoms. The van der Waals surface area contributed by atoms with Gasteiger partial charge in [-0.1, -0.05) is 26.8 Å². The molecule has 1 atom stereocenters. The van der Waals surface area contributed by atoms with Crippen molar-refractivity contribution in [2.24, 2.45) is 0 Å². The van der Waals surface area contributed by atoms with Gasteiger partial charge in [-0.25, -0.2) is 9.59 Å². The normalized spacial score (nSPS) is 13.2. The van der Waals surface area contributed by atoms with E-state index in [0.29, 0.717) is 23.4 Å². The van der Waals surface area contributed by atoms with Crippen molar-refractivity contribution in [3.63, 3.8) is 0 Å². The van der Waals surface area contributed by atoms with Gasteiger partial charge in [0.2, 0.25) is 8.32 Å².